The number of carbonyl (C=O) groups excluding carboxylic acids is 2. The zero-order valence-electron chi connectivity index (χ0n) is 20.9. The predicted molar refractivity (Wildman–Crippen MR) is 139 cm³/mol. The molecule has 0 saturated heterocycles. The normalized spacial score (nSPS) is 11.9. The van der Waals surface area contributed by atoms with E-state index >= 15 is 0 Å². The highest BCUT2D eigenvalue weighted by atomic mass is 32.2. The van der Waals surface area contributed by atoms with Crippen LogP contribution in [0.15, 0.2) is 83.8 Å². The molecule has 37 heavy (non-hydrogen) atoms. The molecule has 3 aromatic rings. The second-order valence-corrected chi connectivity index (χ2v) is 10.1. The third-order valence-electron chi connectivity index (χ3n) is 5.76. The molecule has 1 N–H and O–H groups in total. The van der Waals surface area contributed by atoms with Crippen molar-refractivity contribution in [1.29, 1.82) is 0 Å². The Bertz CT molecular complexity index is 1320. The number of methoxy groups -OCH3 is 1. The van der Waals surface area contributed by atoms with Crippen LogP contribution in [0.2, 0.25) is 0 Å². The molecule has 0 aliphatic heterocycles. The summed E-state index contributed by atoms with van der Waals surface area (Å²) in [6, 6.07) is 18.9. The summed E-state index contributed by atoms with van der Waals surface area (Å²) in [5.41, 5.74) is 0.434. The van der Waals surface area contributed by atoms with Gasteiger partial charge in [0.25, 0.3) is 10.0 Å². The number of hydrogen-bond donors (Lipinski definition) is 1. The maximum Gasteiger partial charge on any atom is 0.264 e. The van der Waals surface area contributed by atoms with Gasteiger partial charge in [0.2, 0.25) is 11.8 Å². The highest BCUT2D eigenvalue weighted by molar-refractivity contribution is 7.92. The number of anilines is 1. The summed E-state index contributed by atoms with van der Waals surface area (Å²) in [5, 5.41) is 2.69. The third kappa shape index (κ3) is 6.65. The molecule has 0 radical (unpaired) electrons. The summed E-state index contributed by atoms with van der Waals surface area (Å²) in [4.78, 5) is 27.6. The number of rotatable bonds is 11. The van der Waals surface area contributed by atoms with Gasteiger partial charge in [0.05, 0.1) is 17.7 Å². The first-order chi connectivity index (χ1) is 17.7. The van der Waals surface area contributed by atoms with Gasteiger partial charge in [0.1, 0.15) is 24.2 Å². The molecule has 0 aromatic heterocycles. The molecule has 3 rings (SSSR count). The van der Waals surface area contributed by atoms with Crippen molar-refractivity contribution < 1.29 is 27.1 Å². The largest absolute Gasteiger partial charge is 0.497 e. The van der Waals surface area contributed by atoms with E-state index in [0.29, 0.717) is 17.9 Å². The van der Waals surface area contributed by atoms with Crippen LogP contribution in [0.4, 0.5) is 10.1 Å². The Hall–Kier alpha value is -3.92. The van der Waals surface area contributed by atoms with Gasteiger partial charge in [-0.2, -0.15) is 0 Å². The molecule has 0 aliphatic rings. The van der Waals surface area contributed by atoms with Crippen molar-refractivity contribution in [2.24, 2.45) is 0 Å². The molecular weight excluding hydrogens is 497 g/mol. The van der Waals surface area contributed by atoms with Crippen molar-refractivity contribution in [3.8, 4) is 5.75 Å². The minimum absolute atomic E-state index is 0.0254. The van der Waals surface area contributed by atoms with Crippen LogP contribution >= 0.6 is 0 Å². The molecule has 8 nitrogen and oxygen atoms in total. The fourth-order valence-electron chi connectivity index (χ4n) is 3.72. The second-order valence-electron chi connectivity index (χ2n) is 8.22. The summed E-state index contributed by atoms with van der Waals surface area (Å²) in [6.07, 6.45) is 0. The Morgan fingerprint density at radius 1 is 0.973 bits per heavy atom. The van der Waals surface area contributed by atoms with Crippen molar-refractivity contribution in [2.75, 3.05) is 24.5 Å². The van der Waals surface area contributed by atoms with Crippen molar-refractivity contribution >= 4 is 27.5 Å². The third-order valence-corrected chi connectivity index (χ3v) is 7.54. The smallest absolute Gasteiger partial charge is 0.264 e. The Labute approximate surface area is 216 Å². The van der Waals surface area contributed by atoms with E-state index < -0.39 is 40.2 Å². The molecule has 0 heterocycles. The number of para-hydroxylation sites is 1. The first-order valence-corrected chi connectivity index (χ1v) is 13.2. The molecule has 0 bridgehead atoms. The number of ether oxygens (including phenoxy) is 1. The van der Waals surface area contributed by atoms with Gasteiger partial charge in [0, 0.05) is 13.1 Å². The molecule has 0 fully saturated rings. The van der Waals surface area contributed by atoms with E-state index in [0.717, 1.165) is 10.4 Å². The van der Waals surface area contributed by atoms with Gasteiger partial charge < -0.3 is 15.0 Å². The Morgan fingerprint density at radius 3 is 2.19 bits per heavy atom. The number of benzene rings is 3. The fraction of sp³-hybridized carbons (Fsp3) is 0.259. The van der Waals surface area contributed by atoms with Crippen LogP contribution in [0.25, 0.3) is 0 Å². The van der Waals surface area contributed by atoms with Gasteiger partial charge in [0.15, 0.2) is 0 Å². The zero-order valence-corrected chi connectivity index (χ0v) is 21.7. The van der Waals surface area contributed by atoms with E-state index in [1.807, 2.05) is 0 Å². The molecule has 1 atom stereocenters. The van der Waals surface area contributed by atoms with E-state index in [1.54, 1.807) is 56.3 Å². The van der Waals surface area contributed by atoms with Crippen LogP contribution in [0.1, 0.15) is 19.4 Å². The van der Waals surface area contributed by atoms with Crippen LogP contribution < -0.4 is 14.4 Å². The Balaban J connectivity index is 2.01. The molecule has 10 heteroatoms. The SMILES string of the molecule is CCNC(=O)[C@@H](C)N(Cc1ccc(OC)cc1)C(=O)CN(c1ccccc1F)S(=O)(=O)c1ccccc1. The van der Waals surface area contributed by atoms with Crippen LogP contribution in [0, 0.1) is 5.82 Å². The van der Waals surface area contributed by atoms with E-state index in [2.05, 4.69) is 5.32 Å². The highest BCUT2D eigenvalue weighted by Crippen LogP contribution is 2.27. The Morgan fingerprint density at radius 2 is 1.59 bits per heavy atom. The highest BCUT2D eigenvalue weighted by Gasteiger charge is 2.33. The number of likely N-dealkylation sites (N-methyl/N-ethyl adjacent to an activating group) is 1. The maximum absolute atomic E-state index is 14.8. The van der Waals surface area contributed by atoms with Gasteiger partial charge >= 0.3 is 0 Å². The minimum atomic E-state index is -4.31. The van der Waals surface area contributed by atoms with Crippen LogP contribution in [-0.2, 0) is 26.2 Å². The van der Waals surface area contributed by atoms with E-state index in [1.165, 1.54) is 42.3 Å². The van der Waals surface area contributed by atoms with Gasteiger partial charge in [-0.25, -0.2) is 12.8 Å². The number of carbonyl (C=O) groups is 2. The topological polar surface area (TPSA) is 96.0 Å². The number of hydrogen-bond acceptors (Lipinski definition) is 5. The number of sulfonamides is 1. The predicted octanol–water partition coefficient (Wildman–Crippen LogP) is 3.58. The van der Waals surface area contributed by atoms with Gasteiger partial charge in [-0.1, -0.05) is 42.5 Å². The van der Waals surface area contributed by atoms with Gasteiger partial charge in [-0.15, -0.1) is 0 Å². The summed E-state index contributed by atoms with van der Waals surface area (Å²) >= 11 is 0. The van der Waals surface area contributed by atoms with Crippen LogP contribution in [0.5, 0.6) is 5.75 Å². The van der Waals surface area contributed by atoms with Gasteiger partial charge in [-0.3, -0.25) is 13.9 Å². The summed E-state index contributed by atoms with van der Waals surface area (Å²) in [7, 11) is -2.78. The number of amides is 2. The fourth-order valence-corrected chi connectivity index (χ4v) is 5.16. The summed E-state index contributed by atoms with van der Waals surface area (Å²) in [6.45, 7) is 2.99. The lowest BCUT2D eigenvalue weighted by molar-refractivity contribution is -0.139. The quantitative estimate of drug-likeness (QED) is 0.411. The summed E-state index contributed by atoms with van der Waals surface area (Å²) < 4.78 is 47.9. The number of halogens is 1. The molecule has 2 amide bonds. The monoisotopic (exact) mass is 527 g/mol. The van der Waals surface area contributed by atoms with Gasteiger partial charge in [-0.05, 0) is 55.8 Å². The van der Waals surface area contributed by atoms with Crippen molar-refractivity contribution in [2.45, 2.75) is 31.3 Å². The lowest BCUT2D eigenvalue weighted by atomic mass is 10.1. The van der Waals surface area contributed by atoms with Crippen molar-refractivity contribution in [1.82, 2.24) is 10.2 Å². The molecule has 0 spiro atoms. The minimum Gasteiger partial charge on any atom is -0.497 e. The van der Waals surface area contributed by atoms with Crippen molar-refractivity contribution in [3.05, 3.63) is 90.2 Å². The zero-order chi connectivity index (χ0) is 27.0. The average Bonchev–Trinajstić information content (AvgIpc) is 2.91. The second kappa shape index (κ2) is 12.4. The molecule has 3 aromatic carbocycles. The average molecular weight is 528 g/mol. The first-order valence-electron chi connectivity index (χ1n) is 11.7. The number of nitrogens with one attached hydrogen (secondary N) is 1. The standard InChI is InChI=1S/C27H30FN3O5S/c1-4-29-27(33)20(2)30(18-21-14-16-22(36-3)17-15-21)26(32)19-31(25-13-9-8-12-24(25)28)37(34,35)23-10-6-5-7-11-23/h5-17,20H,4,18-19H2,1-3H3,(H,29,33)/t20-/m1/s1. The maximum atomic E-state index is 14.8. The molecular formula is C27H30FN3O5S. The molecule has 0 aliphatic carbocycles. The first kappa shape index (κ1) is 27.7. The molecule has 196 valence electrons. The van der Waals surface area contributed by atoms with E-state index in [9.17, 15) is 22.4 Å². The summed E-state index contributed by atoms with van der Waals surface area (Å²) in [5.74, 6) is -1.24. The molecule has 0 unspecified atom stereocenters. The van der Waals surface area contributed by atoms with Crippen molar-refractivity contribution in [3.63, 3.8) is 0 Å². The van der Waals surface area contributed by atoms with Crippen LogP contribution in [-0.4, -0.2) is 51.4 Å². The van der Waals surface area contributed by atoms with E-state index in [4.69, 9.17) is 4.74 Å². The lowest BCUT2D eigenvalue weighted by Gasteiger charge is -2.32. The van der Waals surface area contributed by atoms with Crippen LogP contribution in [0.3, 0.4) is 0 Å². The lowest BCUT2D eigenvalue weighted by Crippen LogP contribution is -2.51. The molecule has 0 saturated carbocycles. The number of nitrogens with zero attached hydrogens (tertiary/aromatic N) is 2. The van der Waals surface area contributed by atoms with E-state index in [-0.39, 0.29) is 17.1 Å². The Kier molecular flexibility index (Phi) is 9.24.